The van der Waals surface area contributed by atoms with Crippen LogP contribution in [0.3, 0.4) is 0 Å². The van der Waals surface area contributed by atoms with Crippen molar-refractivity contribution in [1.29, 1.82) is 0 Å². The highest BCUT2D eigenvalue weighted by atomic mass is 32.1. The Kier molecular flexibility index (Phi) is 2.86. The number of hydrogen-bond donors (Lipinski definition) is 2. The summed E-state index contributed by atoms with van der Waals surface area (Å²) in [4.78, 5) is 8.96. The summed E-state index contributed by atoms with van der Waals surface area (Å²) in [6.45, 7) is 6.18. The third kappa shape index (κ3) is 1.90. The number of rotatable bonds is 3. The van der Waals surface area contributed by atoms with Crippen molar-refractivity contribution in [2.24, 2.45) is 0 Å². The Balaban J connectivity index is 2.44. The van der Waals surface area contributed by atoms with Crippen LogP contribution in [0.4, 0.5) is 0 Å². The third-order valence-corrected chi connectivity index (χ3v) is 3.96. The molecular weight excluding hydrogens is 220 g/mol. The van der Waals surface area contributed by atoms with Gasteiger partial charge < -0.3 is 10.1 Å². The van der Waals surface area contributed by atoms with Gasteiger partial charge >= 0.3 is 0 Å². The van der Waals surface area contributed by atoms with E-state index >= 15 is 0 Å². The monoisotopic (exact) mass is 236 g/mol. The maximum absolute atomic E-state index is 9.34. The second kappa shape index (κ2) is 4.03. The summed E-state index contributed by atoms with van der Waals surface area (Å²) in [5, 5.41) is 10.3. The third-order valence-electron chi connectivity index (χ3n) is 2.62. The minimum atomic E-state index is -0.264. The largest absolute Gasteiger partial charge is 0.395 e. The van der Waals surface area contributed by atoms with Crippen LogP contribution in [0.1, 0.15) is 23.7 Å². The van der Waals surface area contributed by atoms with Crippen LogP contribution in [-0.2, 0) is 5.41 Å². The lowest BCUT2D eigenvalue weighted by molar-refractivity contribution is 0.218. The molecule has 0 amide bonds. The second-order valence-corrected chi connectivity index (χ2v) is 5.75. The van der Waals surface area contributed by atoms with E-state index in [-0.39, 0.29) is 12.0 Å². The molecule has 0 bridgehead atoms. The van der Waals surface area contributed by atoms with Gasteiger partial charge in [0.05, 0.1) is 12.3 Å². The van der Waals surface area contributed by atoms with E-state index in [1.165, 1.54) is 4.88 Å². The molecule has 0 spiro atoms. The van der Waals surface area contributed by atoms with Crippen LogP contribution in [0, 0.1) is 6.92 Å². The van der Waals surface area contributed by atoms with Gasteiger partial charge in [-0.15, -0.1) is 11.3 Å². The summed E-state index contributed by atoms with van der Waals surface area (Å²) in [7, 11) is 0. The average molecular weight is 236 g/mol. The predicted octanol–water partition coefficient (Wildman–Crippen LogP) is 2.72. The van der Waals surface area contributed by atoms with Gasteiger partial charge in [0.25, 0.3) is 0 Å². The zero-order chi connectivity index (χ0) is 11.8. The minimum absolute atomic E-state index is 0.115. The van der Waals surface area contributed by atoms with Crippen LogP contribution in [-0.4, -0.2) is 21.7 Å². The Hall–Kier alpha value is -1.13. The number of thiazole rings is 1. The highest BCUT2D eigenvalue weighted by Gasteiger charge is 2.25. The molecule has 0 atom stereocenters. The van der Waals surface area contributed by atoms with E-state index in [0.717, 1.165) is 16.4 Å². The highest BCUT2D eigenvalue weighted by molar-refractivity contribution is 7.12. The first-order valence-electron chi connectivity index (χ1n) is 5.27. The molecule has 4 heteroatoms. The van der Waals surface area contributed by atoms with E-state index < -0.39 is 0 Å². The molecule has 0 aliphatic rings. The van der Waals surface area contributed by atoms with Crippen molar-refractivity contribution < 1.29 is 5.11 Å². The van der Waals surface area contributed by atoms with E-state index in [1.807, 2.05) is 32.2 Å². The molecule has 0 saturated heterocycles. The molecule has 2 rings (SSSR count). The summed E-state index contributed by atoms with van der Waals surface area (Å²) in [5.41, 5.74) is 1.76. The molecule has 86 valence electrons. The summed E-state index contributed by atoms with van der Waals surface area (Å²) in [6.07, 6.45) is 1.89. The fraction of sp³-hybridized carbons (Fsp3) is 0.417. The normalized spacial score (nSPS) is 12.0. The number of nitrogens with one attached hydrogen (secondary N) is 1. The molecular formula is C12H16N2OS. The van der Waals surface area contributed by atoms with E-state index in [0.29, 0.717) is 0 Å². The minimum Gasteiger partial charge on any atom is -0.395 e. The Morgan fingerprint density at radius 2 is 2.25 bits per heavy atom. The van der Waals surface area contributed by atoms with Crippen molar-refractivity contribution in [1.82, 2.24) is 9.97 Å². The Morgan fingerprint density at radius 3 is 2.81 bits per heavy atom. The molecule has 0 unspecified atom stereocenters. The van der Waals surface area contributed by atoms with Crippen LogP contribution in [0.5, 0.6) is 0 Å². The maximum atomic E-state index is 9.34. The van der Waals surface area contributed by atoms with Gasteiger partial charge in [0.1, 0.15) is 10.7 Å². The van der Waals surface area contributed by atoms with Crippen LogP contribution in [0.2, 0.25) is 0 Å². The van der Waals surface area contributed by atoms with E-state index in [1.54, 1.807) is 11.3 Å². The number of aliphatic hydroxyl groups is 1. The Labute approximate surface area is 99.2 Å². The fourth-order valence-corrected chi connectivity index (χ4v) is 2.50. The van der Waals surface area contributed by atoms with Gasteiger partial charge in [-0.05, 0) is 19.1 Å². The molecule has 0 radical (unpaired) electrons. The molecule has 2 N–H and O–H groups in total. The summed E-state index contributed by atoms with van der Waals surface area (Å²) in [6, 6.07) is 3.97. The van der Waals surface area contributed by atoms with Crippen molar-refractivity contribution in [2.45, 2.75) is 26.2 Å². The molecule has 0 aliphatic carbocycles. The van der Waals surface area contributed by atoms with Gasteiger partial charge in [-0.2, -0.15) is 0 Å². The lowest BCUT2D eigenvalue weighted by Crippen LogP contribution is -2.21. The summed E-state index contributed by atoms with van der Waals surface area (Å²) >= 11 is 1.65. The van der Waals surface area contributed by atoms with E-state index in [4.69, 9.17) is 0 Å². The second-order valence-electron chi connectivity index (χ2n) is 4.55. The smallest absolute Gasteiger partial charge is 0.101 e. The molecule has 0 aromatic carbocycles. The number of H-pyrrole nitrogens is 1. The van der Waals surface area contributed by atoms with Crippen LogP contribution in [0.15, 0.2) is 18.3 Å². The molecule has 3 nitrogen and oxygen atoms in total. The van der Waals surface area contributed by atoms with Crippen molar-refractivity contribution >= 4 is 11.3 Å². The van der Waals surface area contributed by atoms with Crippen molar-refractivity contribution in [3.8, 4) is 11.4 Å². The maximum Gasteiger partial charge on any atom is 0.101 e. The number of aliphatic hydroxyl groups excluding tert-OH is 1. The molecule has 0 fully saturated rings. The lowest BCUT2D eigenvalue weighted by Gasteiger charge is -2.17. The molecule has 2 aromatic rings. The van der Waals surface area contributed by atoms with Gasteiger partial charge in [0.2, 0.25) is 0 Å². The predicted molar refractivity (Wildman–Crippen MR) is 66.7 cm³/mol. The zero-order valence-electron chi connectivity index (χ0n) is 9.74. The molecule has 2 heterocycles. The number of aromatic amines is 1. The van der Waals surface area contributed by atoms with Crippen LogP contribution < -0.4 is 0 Å². The van der Waals surface area contributed by atoms with Crippen molar-refractivity contribution in [2.75, 3.05) is 6.61 Å². The number of aryl methyl sites for hydroxylation is 1. The number of hydrogen-bond acceptors (Lipinski definition) is 3. The van der Waals surface area contributed by atoms with E-state index in [2.05, 4.69) is 16.9 Å². The van der Waals surface area contributed by atoms with Gasteiger partial charge in [-0.1, -0.05) is 13.8 Å². The van der Waals surface area contributed by atoms with Crippen molar-refractivity contribution in [3.63, 3.8) is 0 Å². The van der Waals surface area contributed by atoms with Crippen LogP contribution in [0.25, 0.3) is 11.4 Å². The van der Waals surface area contributed by atoms with Gasteiger partial charge in [0, 0.05) is 16.5 Å². The van der Waals surface area contributed by atoms with Gasteiger partial charge in [0.15, 0.2) is 0 Å². The molecule has 2 aromatic heterocycles. The summed E-state index contributed by atoms with van der Waals surface area (Å²) < 4.78 is 0. The quantitative estimate of drug-likeness (QED) is 0.861. The first kappa shape index (κ1) is 11.4. The molecule has 16 heavy (non-hydrogen) atoms. The summed E-state index contributed by atoms with van der Waals surface area (Å²) in [5.74, 6) is 0. The van der Waals surface area contributed by atoms with Gasteiger partial charge in [-0.3, -0.25) is 0 Å². The average Bonchev–Trinajstić information content (AvgIpc) is 2.86. The van der Waals surface area contributed by atoms with Crippen LogP contribution >= 0.6 is 11.3 Å². The SMILES string of the molecule is Cc1sc(C(C)(C)CO)nc1-c1ccc[nH]1. The molecule has 0 aliphatic heterocycles. The first-order valence-corrected chi connectivity index (χ1v) is 6.09. The standard InChI is InChI=1S/C12H16N2OS/c1-8-10(9-5-4-6-13-9)14-11(16-8)12(2,3)7-15/h4-6,13,15H,7H2,1-3H3. The Bertz CT molecular complexity index is 471. The van der Waals surface area contributed by atoms with Crippen molar-refractivity contribution in [3.05, 3.63) is 28.2 Å². The highest BCUT2D eigenvalue weighted by Crippen LogP contribution is 2.33. The first-order chi connectivity index (χ1) is 7.54. The fourth-order valence-electron chi connectivity index (χ4n) is 1.48. The molecule has 0 saturated carbocycles. The van der Waals surface area contributed by atoms with Gasteiger partial charge in [-0.25, -0.2) is 4.98 Å². The lowest BCUT2D eigenvalue weighted by atomic mass is 9.96. The zero-order valence-corrected chi connectivity index (χ0v) is 10.6. The number of aromatic nitrogens is 2. The topological polar surface area (TPSA) is 48.9 Å². The number of nitrogens with zero attached hydrogens (tertiary/aromatic N) is 1. The Morgan fingerprint density at radius 1 is 1.50 bits per heavy atom. The van der Waals surface area contributed by atoms with E-state index in [9.17, 15) is 5.11 Å².